The van der Waals surface area contributed by atoms with Gasteiger partial charge in [-0.05, 0) is 64.3 Å². The molecule has 1 aliphatic heterocycles. The lowest BCUT2D eigenvalue weighted by Crippen LogP contribution is -2.54. The van der Waals surface area contributed by atoms with Gasteiger partial charge in [0, 0.05) is 10.9 Å². The zero-order valence-electron chi connectivity index (χ0n) is 23.6. The summed E-state index contributed by atoms with van der Waals surface area (Å²) in [4.78, 5) is 32.5. The van der Waals surface area contributed by atoms with E-state index in [1.165, 1.54) is 15.1 Å². The van der Waals surface area contributed by atoms with Crippen molar-refractivity contribution in [2.24, 2.45) is 0 Å². The Hall–Kier alpha value is -4.03. The maximum absolute atomic E-state index is 13.5. The van der Waals surface area contributed by atoms with Crippen LogP contribution in [0.4, 0.5) is 4.79 Å². The molecule has 2 heterocycles. The summed E-state index contributed by atoms with van der Waals surface area (Å²) in [5, 5.41) is 0.677. The highest BCUT2D eigenvalue weighted by Crippen LogP contribution is 2.32. The van der Waals surface area contributed by atoms with Crippen molar-refractivity contribution in [2.75, 3.05) is 18.6 Å². The van der Waals surface area contributed by atoms with Crippen molar-refractivity contribution in [3.63, 3.8) is 0 Å². The molecule has 0 bridgehead atoms. The third-order valence-corrected chi connectivity index (χ3v) is 6.39. The molecule has 1 atom stereocenters. The second kappa shape index (κ2) is 10.6. The fourth-order valence-electron chi connectivity index (χ4n) is 4.50. The van der Waals surface area contributed by atoms with E-state index >= 15 is 0 Å². The van der Waals surface area contributed by atoms with E-state index in [1.807, 2.05) is 30.3 Å². The lowest BCUT2D eigenvalue weighted by molar-refractivity contribution is -0.0619. The molecule has 0 aliphatic carbocycles. The molecule has 206 valence electrons. The Bertz CT molecular complexity index is 1460. The van der Waals surface area contributed by atoms with E-state index in [-0.39, 0.29) is 13.2 Å². The van der Waals surface area contributed by atoms with Crippen LogP contribution in [0.3, 0.4) is 0 Å². The van der Waals surface area contributed by atoms with E-state index in [4.69, 9.17) is 20.6 Å². The summed E-state index contributed by atoms with van der Waals surface area (Å²) in [5.74, 6) is 3.39. The lowest BCUT2D eigenvalue weighted by atomic mass is 9.99. The van der Waals surface area contributed by atoms with E-state index in [0.717, 1.165) is 5.56 Å². The molecule has 0 saturated carbocycles. The number of nitrogens with one attached hydrogen (secondary N) is 1. The van der Waals surface area contributed by atoms with Crippen LogP contribution in [-0.4, -0.2) is 51.4 Å². The Balaban J connectivity index is 1.81. The number of carbonyl (C=O) groups is 1. The zero-order chi connectivity index (χ0) is 28.5. The number of hydrogen-bond acceptors (Lipinski definition) is 7. The molecule has 3 aromatic rings. The number of rotatable bonds is 6. The Morgan fingerprint density at radius 2 is 1.92 bits per heavy atom. The summed E-state index contributed by atoms with van der Waals surface area (Å²) in [5.41, 5.74) is 4.02. The molecule has 2 aromatic carbocycles. The van der Waals surface area contributed by atoms with Crippen molar-refractivity contribution in [1.82, 2.24) is 14.6 Å². The standard InChI is InChI=1S/C30H36N4O5/c1-9-16-37-22-14-15-24-23(17-22)26(21-12-10-20(11-13-21)19(2)3)31-27(35)34(24)32-25-18-38-30(7,8)33(25)28(36)39-29(4,5)6/h1,10-15,17,19,25,32H,16,18H2,2-8H3/t25-/m1/s1. The molecule has 1 N–H and O–H groups in total. The fraction of sp³-hybridized carbons (Fsp3) is 0.433. The van der Waals surface area contributed by atoms with E-state index in [0.29, 0.717) is 28.3 Å². The molecule has 39 heavy (non-hydrogen) atoms. The summed E-state index contributed by atoms with van der Waals surface area (Å²) in [6.07, 6.45) is 4.14. The normalized spacial score (nSPS) is 16.8. The number of terminal acetylenes is 1. The highest BCUT2D eigenvalue weighted by Gasteiger charge is 2.46. The predicted molar refractivity (Wildman–Crippen MR) is 151 cm³/mol. The second-order valence-electron chi connectivity index (χ2n) is 11.3. The molecule has 1 aliphatic rings. The fourth-order valence-corrected chi connectivity index (χ4v) is 4.50. The SMILES string of the molecule is C#CCOc1ccc2c(c1)c(-c1ccc(C(C)C)cc1)nc(=O)n2N[C@H]1COC(C)(C)N1C(=O)OC(C)(C)C. The molecule has 0 radical (unpaired) electrons. The predicted octanol–water partition coefficient (Wildman–Crippen LogP) is 5.07. The molecule has 0 spiro atoms. The number of fused-ring (bicyclic) bond motifs is 1. The summed E-state index contributed by atoms with van der Waals surface area (Å²) >= 11 is 0. The maximum Gasteiger partial charge on any atom is 0.414 e. The molecular weight excluding hydrogens is 496 g/mol. The number of ether oxygens (including phenoxy) is 3. The Morgan fingerprint density at radius 3 is 2.54 bits per heavy atom. The van der Waals surface area contributed by atoms with E-state index in [2.05, 4.69) is 30.2 Å². The lowest BCUT2D eigenvalue weighted by Gasteiger charge is -2.35. The molecule has 4 rings (SSSR count). The summed E-state index contributed by atoms with van der Waals surface area (Å²) < 4.78 is 18.5. The number of hydrogen-bond donors (Lipinski definition) is 1. The summed E-state index contributed by atoms with van der Waals surface area (Å²) in [6.45, 7) is 13.4. The van der Waals surface area contributed by atoms with Crippen LogP contribution >= 0.6 is 0 Å². The first-order valence-electron chi connectivity index (χ1n) is 13.0. The van der Waals surface area contributed by atoms with Crippen LogP contribution < -0.4 is 15.9 Å². The Morgan fingerprint density at radius 1 is 1.23 bits per heavy atom. The van der Waals surface area contributed by atoms with Crippen LogP contribution in [0, 0.1) is 12.3 Å². The van der Waals surface area contributed by atoms with Gasteiger partial charge >= 0.3 is 11.8 Å². The van der Waals surface area contributed by atoms with Crippen molar-refractivity contribution >= 4 is 17.0 Å². The average molecular weight is 533 g/mol. The van der Waals surface area contributed by atoms with Crippen molar-refractivity contribution < 1.29 is 19.0 Å². The van der Waals surface area contributed by atoms with E-state index in [9.17, 15) is 9.59 Å². The van der Waals surface area contributed by atoms with Crippen LogP contribution in [0.25, 0.3) is 22.2 Å². The van der Waals surface area contributed by atoms with E-state index < -0.39 is 29.3 Å². The van der Waals surface area contributed by atoms with E-state index in [1.54, 1.807) is 46.8 Å². The van der Waals surface area contributed by atoms with Gasteiger partial charge in [-0.3, -0.25) is 10.3 Å². The Kier molecular flexibility index (Phi) is 7.62. The second-order valence-corrected chi connectivity index (χ2v) is 11.3. The van der Waals surface area contributed by atoms with Crippen molar-refractivity contribution in [3.05, 3.63) is 58.5 Å². The zero-order valence-corrected chi connectivity index (χ0v) is 23.6. The van der Waals surface area contributed by atoms with Crippen molar-refractivity contribution in [1.29, 1.82) is 0 Å². The van der Waals surface area contributed by atoms with Crippen LogP contribution in [0.2, 0.25) is 0 Å². The molecular formula is C30H36N4O5. The highest BCUT2D eigenvalue weighted by molar-refractivity contribution is 5.93. The topological polar surface area (TPSA) is 94.9 Å². The summed E-state index contributed by atoms with van der Waals surface area (Å²) in [7, 11) is 0. The number of carbonyl (C=O) groups excluding carboxylic acids is 1. The summed E-state index contributed by atoms with van der Waals surface area (Å²) in [6, 6.07) is 13.3. The van der Waals surface area contributed by atoms with Crippen LogP contribution in [0.1, 0.15) is 59.9 Å². The minimum Gasteiger partial charge on any atom is -0.481 e. The van der Waals surface area contributed by atoms with Crippen LogP contribution in [0.15, 0.2) is 47.3 Å². The van der Waals surface area contributed by atoms with Gasteiger partial charge in [0.05, 0.1) is 17.8 Å². The van der Waals surface area contributed by atoms with Gasteiger partial charge in [0.2, 0.25) is 0 Å². The van der Waals surface area contributed by atoms with Gasteiger partial charge < -0.3 is 14.2 Å². The minimum absolute atomic E-state index is 0.106. The number of aromatic nitrogens is 2. The largest absolute Gasteiger partial charge is 0.481 e. The average Bonchev–Trinajstić information content (AvgIpc) is 3.16. The molecule has 9 nitrogen and oxygen atoms in total. The van der Waals surface area contributed by atoms with Crippen LogP contribution in [0.5, 0.6) is 5.75 Å². The molecule has 0 unspecified atom stereocenters. The molecule has 1 saturated heterocycles. The van der Waals surface area contributed by atoms with Gasteiger partial charge in [0.25, 0.3) is 0 Å². The Labute approximate surface area is 229 Å². The first kappa shape index (κ1) is 28.0. The quantitative estimate of drug-likeness (QED) is 0.443. The van der Waals surface area contributed by atoms with Gasteiger partial charge in [-0.25, -0.2) is 14.3 Å². The first-order chi connectivity index (χ1) is 18.3. The first-order valence-corrected chi connectivity index (χ1v) is 13.0. The van der Waals surface area contributed by atoms with Gasteiger partial charge in [-0.1, -0.05) is 44.0 Å². The van der Waals surface area contributed by atoms with Crippen molar-refractivity contribution in [2.45, 2.75) is 71.9 Å². The minimum atomic E-state index is -0.957. The van der Waals surface area contributed by atoms with Gasteiger partial charge in [-0.2, -0.15) is 4.98 Å². The van der Waals surface area contributed by atoms with Crippen molar-refractivity contribution in [3.8, 4) is 29.4 Å². The van der Waals surface area contributed by atoms with Gasteiger partial charge in [-0.15, -0.1) is 6.42 Å². The maximum atomic E-state index is 13.5. The third-order valence-electron chi connectivity index (χ3n) is 6.39. The van der Waals surface area contributed by atoms with Gasteiger partial charge in [0.1, 0.15) is 29.8 Å². The third kappa shape index (κ3) is 6.02. The number of benzene rings is 2. The molecule has 9 heteroatoms. The number of amides is 1. The molecule has 1 aromatic heterocycles. The van der Waals surface area contributed by atoms with Gasteiger partial charge in [0.15, 0.2) is 0 Å². The van der Waals surface area contributed by atoms with Crippen LogP contribution in [-0.2, 0) is 9.47 Å². The number of nitrogens with zero attached hydrogens (tertiary/aromatic N) is 3. The molecule has 1 amide bonds. The smallest absolute Gasteiger partial charge is 0.414 e. The molecule has 1 fully saturated rings. The monoisotopic (exact) mass is 532 g/mol. The highest BCUT2D eigenvalue weighted by atomic mass is 16.6.